The molecule has 4 nitrogen and oxygen atoms in total. The van der Waals surface area contributed by atoms with Gasteiger partial charge in [-0.2, -0.15) is 5.10 Å². The lowest BCUT2D eigenvalue weighted by Gasteiger charge is -2.08. The smallest absolute Gasteiger partial charge is 0.155 e. The zero-order valence-corrected chi connectivity index (χ0v) is 9.14. The number of hydrogen-bond donors (Lipinski definition) is 1. The number of aryl methyl sites for hydroxylation is 1. The van der Waals surface area contributed by atoms with Crippen molar-refractivity contribution >= 4 is 5.65 Å². The van der Waals surface area contributed by atoms with Crippen LogP contribution in [0.3, 0.4) is 0 Å². The number of rotatable bonds is 3. The van der Waals surface area contributed by atoms with E-state index in [1.54, 1.807) is 0 Å². The molecular formula is C11H16N4. The highest BCUT2D eigenvalue weighted by molar-refractivity contribution is 5.38. The molecule has 0 amide bonds. The van der Waals surface area contributed by atoms with Gasteiger partial charge < -0.3 is 5.73 Å². The van der Waals surface area contributed by atoms with E-state index in [0.717, 1.165) is 17.9 Å². The molecule has 2 heterocycles. The van der Waals surface area contributed by atoms with Gasteiger partial charge in [0, 0.05) is 5.69 Å². The Hall–Kier alpha value is -1.42. The van der Waals surface area contributed by atoms with Crippen molar-refractivity contribution in [3.63, 3.8) is 0 Å². The summed E-state index contributed by atoms with van der Waals surface area (Å²) in [5.74, 6) is 1.28. The van der Waals surface area contributed by atoms with Crippen LogP contribution in [-0.2, 0) is 6.42 Å². The van der Waals surface area contributed by atoms with Crippen LogP contribution in [0.25, 0.3) is 5.65 Å². The van der Waals surface area contributed by atoms with Gasteiger partial charge in [-0.25, -0.2) is 9.50 Å². The maximum Gasteiger partial charge on any atom is 0.155 e. The summed E-state index contributed by atoms with van der Waals surface area (Å²) in [7, 11) is 0. The molecule has 0 aliphatic carbocycles. The van der Waals surface area contributed by atoms with E-state index in [9.17, 15) is 0 Å². The summed E-state index contributed by atoms with van der Waals surface area (Å²) < 4.78 is 1.90. The second-order valence-corrected chi connectivity index (χ2v) is 3.99. The van der Waals surface area contributed by atoms with Crippen LogP contribution < -0.4 is 5.73 Å². The standard InChI is InChI=1S/C11H16N4/c1-8(7-12)6-10-4-3-5-11-13-9(2)14-15(10)11/h3-5,8H,6-7,12H2,1-2H3. The van der Waals surface area contributed by atoms with Crippen LogP contribution in [-0.4, -0.2) is 21.1 Å². The van der Waals surface area contributed by atoms with Crippen molar-refractivity contribution in [1.82, 2.24) is 14.6 Å². The molecule has 1 atom stereocenters. The number of fused-ring (bicyclic) bond motifs is 1. The first kappa shape index (κ1) is 10.1. The van der Waals surface area contributed by atoms with Crippen LogP contribution in [0.15, 0.2) is 18.2 Å². The van der Waals surface area contributed by atoms with Crippen LogP contribution in [0.5, 0.6) is 0 Å². The molecule has 2 N–H and O–H groups in total. The Labute approximate surface area is 89.1 Å². The second kappa shape index (κ2) is 3.98. The summed E-state index contributed by atoms with van der Waals surface area (Å²) in [6.45, 7) is 4.75. The molecule has 0 saturated heterocycles. The topological polar surface area (TPSA) is 56.2 Å². The zero-order chi connectivity index (χ0) is 10.8. The van der Waals surface area contributed by atoms with Gasteiger partial charge in [0.15, 0.2) is 5.65 Å². The molecule has 0 aliphatic heterocycles. The Morgan fingerprint density at radius 2 is 2.27 bits per heavy atom. The van der Waals surface area contributed by atoms with Crippen LogP contribution in [0.2, 0.25) is 0 Å². The Morgan fingerprint density at radius 1 is 1.47 bits per heavy atom. The van der Waals surface area contributed by atoms with Crippen LogP contribution in [0, 0.1) is 12.8 Å². The minimum atomic E-state index is 0.472. The quantitative estimate of drug-likeness (QED) is 0.816. The molecule has 0 aromatic carbocycles. The van der Waals surface area contributed by atoms with Gasteiger partial charge >= 0.3 is 0 Å². The first-order valence-electron chi connectivity index (χ1n) is 5.22. The summed E-state index contributed by atoms with van der Waals surface area (Å²) >= 11 is 0. The van der Waals surface area contributed by atoms with E-state index in [-0.39, 0.29) is 0 Å². The minimum Gasteiger partial charge on any atom is -0.330 e. The highest BCUT2D eigenvalue weighted by Gasteiger charge is 2.07. The van der Waals surface area contributed by atoms with Crippen molar-refractivity contribution in [3.8, 4) is 0 Å². The molecule has 1 unspecified atom stereocenters. The molecule has 4 heteroatoms. The highest BCUT2D eigenvalue weighted by atomic mass is 15.3. The van der Waals surface area contributed by atoms with E-state index < -0.39 is 0 Å². The molecule has 2 aromatic heterocycles. The van der Waals surface area contributed by atoms with Gasteiger partial charge in [-0.05, 0) is 37.9 Å². The summed E-state index contributed by atoms with van der Waals surface area (Å²) in [5, 5.41) is 4.37. The van der Waals surface area contributed by atoms with Crippen LogP contribution in [0.4, 0.5) is 0 Å². The highest BCUT2D eigenvalue weighted by Crippen LogP contribution is 2.10. The predicted octanol–water partition coefficient (Wildman–Crippen LogP) is 1.18. The lowest BCUT2D eigenvalue weighted by Crippen LogP contribution is -2.15. The van der Waals surface area contributed by atoms with Gasteiger partial charge in [0.25, 0.3) is 0 Å². The third kappa shape index (κ3) is 1.99. The van der Waals surface area contributed by atoms with Gasteiger partial charge in [-0.1, -0.05) is 13.0 Å². The Morgan fingerprint density at radius 3 is 3.00 bits per heavy atom. The monoisotopic (exact) mass is 204 g/mol. The molecule has 2 rings (SSSR count). The summed E-state index contributed by atoms with van der Waals surface area (Å²) in [6, 6.07) is 6.06. The predicted molar refractivity (Wildman–Crippen MR) is 59.6 cm³/mol. The molecule has 80 valence electrons. The molecule has 2 aromatic rings. The first-order chi connectivity index (χ1) is 7.20. The normalized spacial score (nSPS) is 13.3. The molecule has 0 fully saturated rings. The number of pyridine rings is 1. The first-order valence-corrected chi connectivity index (χ1v) is 5.22. The summed E-state index contributed by atoms with van der Waals surface area (Å²) in [5.41, 5.74) is 7.71. The molecular weight excluding hydrogens is 188 g/mol. The molecule has 0 saturated carbocycles. The second-order valence-electron chi connectivity index (χ2n) is 3.99. The van der Waals surface area contributed by atoms with E-state index in [1.165, 1.54) is 5.69 Å². The number of hydrogen-bond acceptors (Lipinski definition) is 3. The van der Waals surface area contributed by atoms with E-state index in [0.29, 0.717) is 12.5 Å². The van der Waals surface area contributed by atoms with Crippen molar-refractivity contribution in [2.24, 2.45) is 11.7 Å². The molecule has 0 spiro atoms. The minimum absolute atomic E-state index is 0.472. The fourth-order valence-electron chi connectivity index (χ4n) is 1.66. The van der Waals surface area contributed by atoms with Gasteiger partial charge in [0.2, 0.25) is 0 Å². The van der Waals surface area contributed by atoms with E-state index in [1.807, 2.05) is 23.6 Å². The molecule has 0 radical (unpaired) electrons. The fraction of sp³-hybridized carbons (Fsp3) is 0.455. The van der Waals surface area contributed by atoms with Crippen molar-refractivity contribution in [2.45, 2.75) is 20.3 Å². The van der Waals surface area contributed by atoms with Crippen LogP contribution in [0.1, 0.15) is 18.4 Å². The van der Waals surface area contributed by atoms with Crippen molar-refractivity contribution in [1.29, 1.82) is 0 Å². The molecule has 0 bridgehead atoms. The SMILES string of the molecule is Cc1nc2cccc(CC(C)CN)n2n1. The number of nitrogens with two attached hydrogens (primary N) is 1. The van der Waals surface area contributed by atoms with Crippen molar-refractivity contribution in [2.75, 3.05) is 6.54 Å². The van der Waals surface area contributed by atoms with E-state index in [4.69, 9.17) is 5.73 Å². The Bertz CT molecular complexity index is 461. The van der Waals surface area contributed by atoms with E-state index in [2.05, 4.69) is 23.1 Å². The van der Waals surface area contributed by atoms with Gasteiger partial charge in [0.1, 0.15) is 5.82 Å². The van der Waals surface area contributed by atoms with Gasteiger partial charge in [-0.15, -0.1) is 0 Å². The van der Waals surface area contributed by atoms with Gasteiger partial charge in [0.05, 0.1) is 0 Å². The average Bonchev–Trinajstić information content (AvgIpc) is 2.59. The maximum absolute atomic E-state index is 5.62. The summed E-state index contributed by atoms with van der Waals surface area (Å²) in [6.07, 6.45) is 0.941. The van der Waals surface area contributed by atoms with Crippen molar-refractivity contribution in [3.05, 3.63) is 29.7 Å². The van der Waals surface area contributed by atoms with E-state index >= 15 is 0 Å². The van der Waals surface area contributed by atoms with Crippen LogP contribution >= 0.6 is 0 Å². The number of nitrogens with zero attached hydrogens (tertiary/aromatic N) is 3. The molecule has 15 heavy (non-hydrogen) atoms. The lowest BCUT2D eigenvalue weighted by molar-refractivity contribution is 0.574. The average molecular weight is 204 g/mol. The Balaban J connectivity index is 2.41. The lowest BCUT2D eigenvalue weighted by atomic mass is 10.1. The third-order valence-corrected chi connectivity index (χ3v) is 2.50. The third-order valence-electron chi connectivity index (χ3n) is 2.50. The maximum atomic E-state index is 5.62. The molecule has 0 aliphatic rings. The zero-order valence-electron chi connectivity index (χ0n) is 9.14. The largest absolute Gasteiger partial charge is 0.330 e. The van der Waals surface area contributed by atoms with Gasteiger partial charge in [-0.3, -0.25) is 0 Å². The Kier molecular flexibility index (Phi) is 2.68. The van der Waals surface area contributed by atoms with Crippen molar-refractivity contribution < 1.29 is 0 Å². The number of aromatic nitrogens is 3. The fourth-order valence-corrected chi connectivity index (χ4v) is 1.66. The summed E-state index contributed by atoms with van der Waals surface area (Å²) in [4.78, 5) is 4.33.